The van der Waals surface area contributed by atoms with E-state index in [-0.39, 0.29) is 0 Å². The molecule has 6 nitrogen and oxygen atoms in total. The molecule has 0 saturated carbocycles. The number of aliphatic imine (C=N–C) groups is 1. The molecule has 21 heavy (non-hydrogen) atoms. The summed E-state index contributed by atoms with van der Waals surface area (Å²) >= 11 is 0. The molecule has 2 aliphatic heterocycles. The number of hydrogen-bond donors (Lipinski definition) is 2. The van der Waals surface area contributed by atoms with E-state index >= 15 is 0 Å². The summed E-state index contributed by atoms with van der Waals surface area (Å²) in [5.41, 5.74) is 2.77. The van der Waals surface area contributed by atoms with Crippen LogP contribution < -0.4 is 11.3 Å². The van der Waals surface area contributed by atoms with Gasteiger partial charge in [0.15, 0.2) is 0 Å². The molecule has 0 aromatic carbocycles. The van der Waals surface area contributed by atoms with Crippen molar-refractivity contribution in [1.29, 1.82) is 0 Å². The number of ether oxygens (including phenoxy) is 1. The van der Waals surface area contributed by atoms with Crippen molar-refractivity contribution in [2.24, 2.45) is 10.8 Å². The maximum atomic E-state index is 5.65. The number of piperidine rings is 1. The predicted molar refractivity (Wildman–Crippen MR) is 86.1 cm³/mol. The first-order valence-electron chi connectivity index (χ1n) is 8.43. The lowest BCUT2D eigenvalue weighted by Gasteiger charge is -2.32. The third kappa shape index (κ3) is 5.13. The number of hydrogen-bond acceptors (Lipinski definition) is 4. The Bertz CT molecular complexity index is 317. The van der Waals surface area contributed by atoms with E-state index in [2.05, 4.69) is 20.2 Å². The molecule has 1 unspecified atom stereocenters. The number of nitrogens with two attached hydrogens (primary N) is 1. The molecular weight excluding hydrogens is 266 g/mol. The van der Waals surface area contributed by atoms with Gasteiger partial charge in [-0.05, 0) is 45.7 Å². The van der Waals surface area contributed by atoms with Crippen molar-refractivity contribution in [1.82, 2.24) is 15.2 Å². The second kappa shape index (κ2) is 9.23. The van der Waals surface area contributed by atoms with E-state index in [1.807, 2.05) is 6.92 Å². The summed E-state index contributed by atoms with van der Waals surface area (Å²) in [6.07, 6.45) is 6.26. The van der Waals surface area contributed by atoms with Gasteiger partial charge >= 0.3 is 0 Å². The highest BCUT2D eigenvalue weighted by Gasteiger charge is 2.29. The number of likely N-dealkylation sites (tertiary alicyclic amines) is 2. The molecule has 0 bridgehead atoms. The second-order valence-electron chi connectivity index (χ2n) is 5.89. The van der Waals surface area contributed by atoms with Crippen LogP contribution in [0.1, 0.15) is 39.0 Å². The Hall–Kier alpha value is -0.850. The first kappa shape index (κ1) is 16.5. The zero-order valence-electron chi connectivity index (χ0n) is 13.4. The predicted octanol–water partition coefficient (Wildman–Crippen LogP) is 0.793. The Morgan fingerprint density at radius 1 is 1.29 bits per heavy atom. The average Bonchev–Trinajstić information content (AvgIpc) is 3.01. The SMILES string of the molecule is CCOCCCN=C(NN)N1CCC(N2CCCCC2)C1. The zero-order chi connectivity index (χ0) is 14.9. The van der Waals surface area contributed by atoms with Gasteiger partial charge in [-0.25, -0.2) is 5.84 Å². The maximum Gasteiger partial charge on any atom is 0.208 e. The van der Waals surface area contributed by atoms with Crippen LogP contribution in [0.15, 0.2) is 4.99 Å². The Labute approximate surface area is 128 Å². The summed E-state index contributed by atoms with van der Waals surface area (Å²) in [5, 5.41) is 0. The Balaban J connectivity index is 1.75. The molecule has 6 heteroatoms. The fourth-order valence-corrected chi connectivity index (χ4v) is 3.25. The molecule has 122 valence electrons. The van der Waals surface area contributed by atoms with Crippen molar-refractivity contribution in [3.8, 4) is 0 Å². The summed E-state index contributed by atoms with van der Waals surface area (Å²) in [4.78, 5) is 9.52. The Morgan fingerprint density at radius 2 is 2.10 bits per heavy atom. The molecular formula is C15H31N5O. The van der Waals surface area contributed by atoms with Gasteiger partial charge in [0.05, 0.1) is 0 Å². The van der Waals surface area contributed by atoms with Crippen molar-refractivity contribution in [2.45, 2.75) is 45.1 Å². The van der Waals surface area contributed by atoms with Crippen molar-refractivity contribution >= 4 is 5.96 Å². The first-order chi connectivity index (χ1) is 10.3. The molecule has 2 rings (SSSR count). The zero-order valence-corrected chi connectivity index (χ0v) is 13.4. The highest BCUT2D eigenvalue weighted by atomic mass is 16.5. The lowest BCUT2D eigenvalue weighted by atomic mass is 10.1. The lowest BCUT2D eigenvalue weighted by molar-refractivity contribution is 0.146. The smallest absolute Gasteiger partial charge is 0.208 e. The number of nitrogens with one attached hydrogen (secondary N) is 1. The summed E-state index contributed by atoms with van der Waals surface area (Å²) in [6, 6.07) is 0.673. The monoisotopic (exact) mass is 297 g/mol. The fourth-order valence-electron chi connectivity index (χ4n) is 3.25. The molecule has 3 N–H and O–H groups in total. The van der Waals surface area contributed by atoms with E-state index in [9.17, 15) is 0 Å². The second-order valence-corrected chi connectivity index (χ2v) is 5.89. The Kier molecular flexibility index (Phi) is 7.26. The van der Waals surface area contributed by atoms with Gasteiger partial charge in [0.2, 0.25) is 5.96 Å². The van der Waals surface area contributed by atoms with Gasteiger partial charge in [-0.3, -0.25) is 15.3 Å². The van der Waals surface area contributed by atoms with Crippen LogP contribution in [0.25, 0.3) is 0 Å². The summed E-state index contributed by atoms with van der Waals surface area (Å²) < 4.78 is 5.33. The standard InChI is InChI=1S/C15H31N5O/c1-2-21-12-6-8-17-15(18-16)20-11-7-14(13-20)19-9-4-3-5-10-19/h14H,2-13,16H2,1H3,(H,17,18). The largest absolute Gasteiger partial charge is 0.382 e. The van der Waals surface area contributed by atoms with Crippen LogP contribution in [-0.4, -0.2) is 67.7 Å². The van der Waals surface area contributed by atoms with E-state index in [1.165, 1.54) is 38.8 Å². The molecule has 0 spiro atoms. The Morgan fingerprint density at radius 3 is 2.81 bits per heavy atom. The molecule has 0 aliphatic carbocycles. The van der Waals surface area contributed by atoms with Crippen LogP contribution in [0.2, 0.25) is 0 Å². The van der Waals surface area contributed by atoms with Crippen LogP contribution in [0.3, 0.4) is 0 Å². The fraction of sp³-hybridized carbons (Fsp3) is 0.933. The first-order valence-corrected chi connectivity index (χ1v) is 8.43. The number of nitrogens with zero attached hydrogens (tertiary/aromatic N) is 3. The quantitative estimate of drug-likeness (QED) is 0.249. The van der Waals surface area contributed by atoms with Crippen molar-refractivity contribution in [3.05, 3.63) is 0 Å². The van der Waals surface area contributed by atoms with Crippen molar-refractivity contribution in [3.63, 3.8) is 0 Å². The van der Waals surface area contributed by atoms with E-state index in [0.717, 1.165) is 45.2 Å². The molecule has 0 aromatic rings. The molecule has 1 atom stereocenters. The molecule has 2 saturated heterocycles. The lowest BCUT2D eigenvalue weighted by Crippen LogP contribution is -2.46. The van der Waals surface area contributed by atoms with Crippen molar-refractivity contribution in [2.75, 3.05) is 45.9 Å². The molecule has 2 aliphatic rings. The molecule has 2 heterocycles. The summed E-state index contributed by atoms with van der Waals surface area (Å²) in [6.45, 7) is 8.95. The number of hydrazine groups is 1. The highest BCUT2D eigenvalue weighted by Crippen LogP contribution is 2.20. The van der Waals surface area contributed by atoms with Gasteiger partial charge in [-0.2, -0.15) is 0 Å². The minimum Gasteiger partial charge on any atom is -0.382 e. The van der Waals surface area contributed by atoms with E-state index < -0.39 is 0 Å². The van der Waals surface area contributed by atoms with Gasteiger partial charge in [0.25, 0.3) is 0 Å². The van der Waals surface area contributed by atoms with Crippen LogP contribution >= 0.6 is 0 Å². The number of guanidine groups is 1. The van der Waals surface area contributed by atoms with E-state index in [4.69, 9.17) is 10.6 Å². The highest BCUT2D eigenvalue weighted by molar-refractivity contribution is 5.79. The summed E-state index contributed by atoms with van der Waals surface area (Å²) in [5.74, 6) is 6.49. The van der Waals surface area contributed by atoms with Gasteiger partial charge in [0.1, 0.15) is 0 Å². The molecule has 0 amide bonds. The molecule has 0 radical (unpaired) electrons. The third-order valence-electron chi connectivity index (χ3n) is 4.41. The molecule has 0 aromatic heterocycles. The van der Waals surface area contributed by atoms with Gasteiger partial charge in [0, 0.05) is 38.9 Å². The minimum absolute atomic E-state index is 0.673. The third-order valence-corrected chi connectivity index (χ3v) is 4.41. The van der Waals surface area contributed by atoms with Crippen molar-refractivity contribution < 1.29 is 4.74 Å². The van der Waals surface area contributed by atoms with Gasteiger partial charge in [-0.15, -0.1) is 0 Å². The number of rotatable bonds is 6. The minimum atomic E-state index is 0.673. The van der Waals surface area contributed by atoms with Crippen LogP contribution in [0.4, 0.5) is 0 Å². The van der Waals surface area contributed by atoms with E-state index in [1.54, 1.807) is 0 Å². The van der Waals surface area contributed by atoms with Gasteiger partial charge in [-0.1, -0.05) is 6.42 Å². The van der Waals surface area contributed by atoms with Crippen LogP contribution in [0, 0.1) is 0 Å². The van der Waals surface area contributed by atoms with E-state index in [0.29, 0.717) is 6.04 Å². The molecule has 2 fully saturated rings. The maximum absolute atomic E-state index is 5.65. The van der Waals surface area contributed by atoms with Gasteiger partial charge < -0.3 is 9.64 Å². The average molecular weight is 297 g/mol. The normalized spacial score (nSPS) is 24.6. The summed E-state index contributed by atoms with van der Waals surface area (Å²) in [7, 11) is 0. The van der Waals surface area contributed by atoms with Crippen LogP contribution in [-0.2, 0) is 4.74 Å². The van der Waals surface area contributed by atoms with Crippen LogP contribution in [0.5, 0.6) is 0 Å². The topological polar surface area (TPSA) is 66.1 Å².